The van der Waals surface area contributed by atoms with Gasteiger partial charge in [0.1, 0.15) is 5.82 Å². The van der Waals surface area contributed by atoms with E-state index in [0.29, 0.717) is 12.0 Å². The summed E-state index contributed by atoms with van der Waals surface area (Å²) in [4.78, 5) is 2.25. The lowest BCUT2D eigenvalue weighted by Gasteiger charge is -2.42. The van der Waals surface area contributed by atoms with Crippen LogP contribution < -0.4 is 5.32 Å². The first kappa shape index (κ1) is 13.5. The Balaban J connectivity index is 2.14. The fourth-order valence-corrected chi connectivity index (χ4v) is 2.52. The Kier molecular flexibility index (Phi) is 4.32. The van der Waals surface area contributed by atoms with Crippen LogP contribution in [0.5, 0.6) is 0 Å². The standard InChI is InChI=1S/C14H21FN2O/c1-14(11-18,17-8-6-16-7-9-17)10-12-4-2-3-5-13(12)15/h2-5,16,18H,6-11H2,1H3. The zero-order valence-electron chi connectivity index (χ0n) is 10.8. The van der Waals surface area contributed by atoms with Gasteiger partial charge in [0.05, 0.1) is 6.61 Å². The summed E-state index contributed by atoms with van der Waals surface area (Å²) in [5.41, 5.74) is 0.289. The lowest BCUT2D eigenvalue weighted by molar-refractivity contribution is 0.0335. The van der Waals surface area contributed by atoms with E-state index in [1.807, 2.05) is 13.0 Å². The van der Waals surface area contributed by atoms with Gasteiger partial charge in [0, 0.05) is 31.7 Å². The monoisotopic (exact) mass is 252 g/mol. The normalized spacial score (nSPS) is 20.6. The minimum absolute atomic E-state index is 0.0430. The van der Waals surface area contributed by atoms with E-state index in [1.165, 1.54) is 6.07 Å². The second kappa shape index (κ2) is 5.78. The molecular weight excluding hydrogens is 231 g/mol. The van der Waals surface area contributed by atoms with Gasteiger partial charge in [-0.3, -0.25) is 4.90 Å². The lowest BCUT2D eigenvalue weighted by Crippen LogP contribution is -2.57. The van der Waals surface area contributed by atoms with E-state index in [1.54, 1.807) is 12.1 Å². The second-order valence-corrected chi connectivity index (χ2v) is 5.16. The molecule has 1 unspecified atom stereocenters. The molecule has 18 heavy (non-hydrogen) atoms. The van der Waals surface area contributed by atoms with E-state index in [2.05, 4.69) is 10.2 Å². The van der Waals surface area contributed by atoms with Gasteiger partial charge < -0.3 is 10.4 Å². The third-order valence-corrected chi connectivity index (χ3v) is 3.75. The number of aliphatic hydroxyl groups is 1. The van der Waals surface area contributed by atoms with Crippen molar-refractivity contribution in [3.05, 3.63) is 35.6 Å². The molecule has 0 aliphatic carbocycles. The van der Waals surface area contributed by atoms with Gasteiger partial charge in [0.25, 0.3) is 0 Å². The zero-order chi connectivity index (χ0) is 13.0. The molecule has 1 heterocycles. The molecular formula is C14H21FN2O. The molecule has 0 bridgehead atoms. The van der Waals surface area contributed by atoms with Gasteiger partial charge in [0.15, 0.2) is 0 Å². The van der Waals surface area contributed by atoms with Crippen molar-refractivity contribution in [1.82, 2.24) is 10.2 Å². The van der Waals surface area contributed by atoms with Crippen molar-refractivity contribution in [2.75, 3.05) is 32.8 Å². The predicted octanol–water partition coefficient (Wildman–Crippen LogP) is 1.02. The van der Waals surface area contributed by atoms with Crippen LogP contribution in [-0.4, -0.2) is 48.3 Å². The topological polar surface area (TPSA) is 35.5 Å². The number of hydrogen-bond acceptors (Lipinski definition) is 3. The van der Waals surface area contributed by atoms with Gasteiger partial charge in [-0.1, -0.05) is 18.2 Å². The van der Waals surface area contributed by atoms with Crippen LogP contribution >= 0.6 is 0 Å². The van der Waals surface area contributed by atoms with Crippen molar-refractivity contribution in [2.45, 2.75) is 18.9 Å². The van der Waals surface area contributed by atoms with E-state index in [-0.39, 0.29) is 18.0 Å². The molecule has 1 aliphatic heterocycles. The molecule has 1 aromatic carbocycles. The van der Waals surface area contributed by atoms with Gasteiger partial charge in [-0.2, -0.15) is 0 Å². The summed E-state index contributed by atoms with van der Waals surface area (Å²) in [6.07, 6.45) is 0.538. The van der Waals surface area contributed by atoms with E-state index in [0.717, 1.165) is 26.2 Å². The van der Waals surface area contributed by atoms with Crippen LogP contribution in [0.15, 0.2) is 24.3 Å². The smallest absolute Gasteiger partial charge is 0.126 e. The summed E-state index contributed by atoms with van der Waals surface area (Å²) in [5, 5.41) is 13.0. The molecule has 0 saturated carbocycles. The maximum absolute atomic E-state index is 13.7. The molecule has 4 heteroatoms. The number of nitrogens with zero attached hydrogens (tertiary/aromatic N) is 1. The quantitative estimate of drug-likeness (QED) is 0.840. The second-order valence-electron chi connectivity index (χ2n) is 5.16. The summed E-state index contributed by atoms with van der Waals surface area (Å²) < 4.78 is 13.7. The largest absolute Gasteiger partial charge is 0.394 e. The third kappa shape index (κ3) is 2.88. The van der Waals surface area contributed by atoms with Gasteiger partial charge in [-0.05, 0) is 25.0 Å². The van der Waals surface area contributed by atoms with E-state index in [9.17, 15) is 9.50 Å². The van der Waals surface area contributed by atoms with E-state index >= 15 is 0 Å². The fourth-order valence-electron chi connectivity index (χ4n) is 2.52. The molecule has 0 amide bonds. The molecule has 0 spiro atoms. The SMILES string of the molecule is CC(CO)(Cc1ccccc1F)N1CCNCC1. The lowest BCUT2D eigenvalue weighted by atomic mass is 9.90. The van der Waals surface area contributed by atoms with Crippen molar-refractivity contribution in [1.29, 1.82) is 0 Å². The molecule has 1 saturated heterocycles. The van der Waals surface area contributed by atoms with Crippen molar-refractivity contribution < 1.29 is 9.50 Å². The first-order valence-electron chi connectivity index (χ1n) is 6.46. The summed E-state index contributed by atoms with van der Waals surface area (Å²) in [6.45, 7) is 5.68. The molecule has 2 rings (SSSR count). The molecule has 3 nitrogen and oxygen atoms in total. The highest BCUT2D eigenvalue weighted by atomic mass is 19.1. The third-order valence-electron chi connectivity index (χ3n) is 3.75. The summed E-state index contributed by atoms with van der Waals surface area (Å²) in [5.74, 6) is -0.188. The van der Waals surface area contributed by atoms with Crippen LogP contribution in [0.2, 0.25) is 0 Å². The van der Waals surface area contributed by atoms with E-state index in [4.69, 9.17) is 0 Å². The number of nitrogens with one attached hydrogen (secondary N) is 1. The molecule has 1 atom stereocenters. The van der Waals surface area contributed by atoms with E-state index < -0.39 is 0 Å². The van der Waals surface area contributed by atoms with Gasteiger partial charge in [-0.25, -0.2) is 4.39 Å². The number of hydrogen-bond donors (Lipinski definition) is 2. The van der Waals surface area contributed by atoms with Crippen molar-refractivity contribution in [3.8, 4) is 0 Å². The number of halogens is 1. The van der Waals surface area contributed by atoms with Gasteiger partial charge in [0.2, 0.25) is 0 Å². The minimum Gasteiger partial charge on any atom is -0.394 e. The number of aliphatic hydroxyl groups excluding tert-OH is 1. The molecule has 100 valence electrons. The summed E-state index contributed by atoms with van der Waals surface area (Å²) in [6, 6.07) is 6.81. The van der Waals surface area contributed by atoms with Crippen molar-refractivity contribution >= 4 is 0 Å². The Bertz CT molecular complexity index is 393. The minimum atomic E-state index is -0.385. The van der Waals surface area contributed by atoms with Crippen molar-refractivity contribution in [2.24, 2.45) is 0 Å². The summed E-state index contributed by atoms with van der Waals surface area (Å²) >= 11 is 0. The maximum Gasteiger partial charge on any atom is 0.126 e. The molecule has 2 N–H and O–H groups in total. The van der Waals surface area contributed by atoms with Crippen LogP contribution in [0, 0.1) is 5.82 Å². The zero-order valence-corrected chi connectivity index (χ0v) is 10.8. The first-order valence-corrected chi connectivity index (χ1v) is 6.46. The maximum atomic E-state index is 13.7. The molecule has 1 aromatic rings. The highest BCUT2D eigenvalue weighted by Crippen LogP contribution is 2.22. The van der Waals surface area contributed by atoms with Gasteiger partial charge in [-0.15, -0.1) is 0 Å². The first-order chi connectivity index (χ1) is 8.65. The van der Waals surface area contributed by atoms with Crippen LogP contribution in [-0.2, 0) is 6.42 Å². The number of benzene rings is 1. The summed E-state index contributed by atoms with van der Waals surface area (Å²) in [7, 11) is 0. The van der Waals surface area contributed by atoms with Crippen LogP contribution in [0.4, 0.5) is 4.39 Å². The van der Waals surface area contributed by atoms with Crippen molar-refractivity contribution in [3.63, 3.8) is 0 Å². The highest BCUT2D eigenvalue weighted by molar-refractivity contribution is 5.20. The molecule has 1 aliphatic rings. The highest BCUT2D eigenvalue weighted by Gasteiger charge is 2.32. The number of rotatable bonds is 4. The Hall–Kier alpha value is -0.970. The average Bonchev–Trinajstić information content (AvgIpc) is 2.42. The van der Waals surface area contributed by atoms with Crippen LogP contribution in [0.1, 0.15) is 12.5 Å². The van der Waals surface area contributed by atoms with Gasteiger partial charge >= 0.3 is 0 Å². The fraction of sp³-hybridized carbons (Fsp3) is 0.571. The van der Waals surface area contributed by atoms with Crippen LogP contribution in [0.3, 0.4) is 0 Å². The molecule has 0 aromatic heterocycles. The Morgan fingerprint density at radius 2 is 2.00 bits per heavy atom. The number of piperazine rings is 1. The average molecular weight is 252 g/mol. The Morgan fingerprint density at radius 1 is 1.33 bits per heavy atom. The predicted molar refractivity (Wildman–Crippen MR) is 70.0 cm³/mol. The van der Waals surface area contributed by atoms with Crippen LogP contribution in [0.25, 0.3) is 0 Å². The molecule has 0 radical (unpaired) electrons. The molecule has 1 fully saturated rings. The Labute approximate surface area is 108 Å². The Morgan fingerprint density at radius 3 is 2.61 bits per heavy atom.